The van der Waals surface area contributed by atoms with Crippen LogP contribution in [-0.2, 0) is 0 Å². The van der Waals surface area contributed by atoms with Crippen LogP contribution in [-0.4, -0.2) is 19.9 Å². The summed E-state index contributed by atoms with van der Waals surface area (Å²) < 4.78 is 3.71. The van der Waals surface area contributed by atoms with Crippen LogP contribution in [0.2, 0.25) is 0 Å². The van der Waals surface area contributed by atoms with Gasteiger partial charge in [0.25, 0.3) is 0 Å². The lowest BCUT2D eigenvalue weighted by Gasteiger charge is -2.13. The Morgan fingerprint density at radius 3 is 1.58 bits per heavy atom. The molecule has 10 aromatic rings. The first kappa shape index (κ1) is 28.9. The molecular formula is C44H26N4S2. The lowest BCUT2D eigenvalue weighted by Crippen LogP contribution is -2.00. The van der Waals surface area contributed by atoms with E-state index in [1.165, 1.54) is 36.0 Å². The summed E-state index contributed by atoms with van der Waals surface area (Å²) in [5.74, 6) is 1.96. The third-order valence-electron chi connectivity index (χ3n) is 9.18. The number of hydrogen-bond donors (Lipinski definition) is 0. The van der Waals surface area contributed by atoms with Crippen LogP contribution < -0.4 is 0 Å². The van der Waals surface area contributed by atoms with Gasteiger partial charge in [-0.05, 0) is 40.1 Å². The van der Waals surface area contributed by atoms with Crippen molar-refractivity contribution in [3.63, 3.8) is 0 Å². The van der Waals surface area contributed by atoms with Gasteiger partial charge < -0.3 is 0 Å². The minimum atomic E-state index is 0.654. The van der Waals surface area contributed by atoms with Gasteiger partial charge >= 0.3 is 0 Å². The van der Waals surface area contributed by atoms with Crippen LogP contribution in [0, 0.1) is 0 Å². The van der Waals surface area contributed by atoms with Crippen molar-refractivity contribution in [1.82, 2.24) is 19.9 Å². The van der Waals surface area contributed by atoms with Gasteiger partial charge in [0.05, 0.1) is 10.2 Å². The highest BCUT2D eigenvalue weighted by atomic mass is 32.1. The Hall–Kier alpha value is -6.08. The average Bonchev–Trinajstić information content (AvgIpc) is 3.78. The van der Waals surface area contributed by atoms with E-state index in [1.54, 1.807) is 11.3 Å². The van der Waals surface area contributed by atoms with Gasteiger partial charge in [0.1, 0.15) is 5.01 Å². The van der Waals surface area contributed by atoms with Crippen LogP contribution in [0.15, 0.2) is 158 Å². The van der Waals surface area contributed by atoms with Crippen LogP contribution in [0.1, 0.15) is 0 Å². The predicted molar refractivity (Wildman–Crippen MR) is 211 cm³/mol. The fourth-order valence-electron chi connectivity index (χ4n) is 6.84. The van der Waals surface area contributed by atoms with E-state index in [-0.39, 0.29) is 0 Å². The highest BCUT2D eigenvalue weighted by Gasteiger charge is 2.18. The van der Waals surface area contributed by atoms with Crippen molar-refractivity contribution in [2.24, 2.45) is 0 Å². The largest absolute Gasteiger partial charge is 0.236 e. The average molecular weight is 675 g/mol. The number of thiophene rings is 1. The summed E-state index contributed by atoms with van der Waals surface area (Å²) in [5, 5.41) is 5.85. The van der Waals surface area contributed by atoms with E-state index in [9.17, 15) is 0 Å². The summed E-state index contributed by atoms with van der Waals surface area (Å²) in [7, 11) is 0. The molecule has 0 unspecified atom stereocenters. The molecule has 234 valence electrons. The Bertz CT molecular complexity index is 2800. The number of rotatable bonds is 5. The Kier molecular flexibility index (Phi) is 6.82. The van der Waals surface area contributed by atoms with Crippen LogP contribution in [0.4, 0.5) is 0 Å². The molecule has 7 aromatic carbocycles. The maximum atomic E-state index is 5.06. The third kappa shape index (κ3) is 4.88. The molecule has 0 N–H and O–H groups in total. The van der Waals surface area contributed by atoms with E-state index in [0.717, 1.165) is 43.6 Å². The Labute approximate surface area is 296 Å². The molecule has 0 saturated carbocycles. The molecule has 0 radical (unpaired) electrons. The first-order valence-electron chi connectivity index (χ1n) is 16.5. The monoisotopic (exact) mass is 674 g/mol. The first-order valence-corrected chi connectivity index (χ1v) is 18.1. The molecule has 0 aliphatic rings. The smallest absolute Gasteiger partial charge is 0.164 e. The topological polar surface area (TPSA) is 51.6 Å². The molecule has 0 atom stereocenters. The summed E-state index contributed by atoms with van der Waals surface area (Å²) in [6.45, 7) is 0. The summed E-state index contributed by atoms with van der Waals surface area (Å²) >= 11 is 3.59. The minimum absolute atomic E-state index is 0.654. The van der Waals surface area contributed by atoms with Gasteiger partial charge in [-0.1, -0.05) is 140 Å². The summed E-state index contributed by atoms with van der Waals surface area (Å²) in [6.07, 6.45) is 0. The van der Waals surface area contributed by atoms with Gasteiger partial charge in [-0.2, -0.15) is 0 Å². The Morgan fingerprint density at radius 2 is 0.900 bits per heavy atom. The van der Waals surface area contributed by atoms with E-state index in [0.29, 0.717) is 17.5 Å². The zero-order chi connectivity index (χ0) is 33.0. The number of aromatic nitrogens is 4. The van der Waals surface area contributed by atoms with Crippen molar-refractivity contribution in [3.8, 4) is 55.9 Å². The normalized spacial score (nSPS) is 11.6. The van der Waals surface area contributed by atoms with Crippen molar-refractivity contribution in [2.75, 3.05) is 0 Å². The van der Waals surface area contributed by atoms with Crippen molar-refractivity contribution >= 4 is 63.8 Å². The van der Waals surface area contributed by atoms with Crippen molar-refractivity contribution < 1.29 is 0 Å². The second kappa shape index (κ2) is 11.8. The van der Waals surface area contributed by atoms with E-state index in [4.69, 9.17) is 19.9 Å². The van der Waals surface area contributed by atoms with Gasteiger partial charge in [0, 0.05) is 42.4 Å². The third-order valence-corrected chi connectivity index (χ3v) is 11.4. The van der Waals surface area contributed by atoms with Crippen LogP contribution in [0.25, 0.3) is 97.0 Å². The first-order chi connectivity index (χ1) is 24.8. The Balaban J connectivity index is 1.16. The van der Waals surface area contributed by atoms with Crippen LogP contribution in [0.5, 0.6) is 0 Å². The lowest BCUT2D eigenvalue weighted by molar-refractivity contribution is 1.08. The molecule has 0 aliphatic heterocycles. The molecule has 6 heteroatoms. The summed E-state index contributed by atoms with van der Waals surface area (Å²) in [4.78, 5) is 20.1. The number of nitrogens with zero attached hydrogens (tertiary/aromatic N) is 4. The van der Waals surface area contributed by atoms with E-state index in [2.05, 4.69) is 91.0 Å². The lowest BCUT2D eigenvalue weighted by atomic mass is 9.93. The van der Waals surface area contributed by atoms with Gasteiger partial charge in [0.2, 0.25) is 0 Å². The second-order valence-electron chi connectivity index (χ2n) is 12.2. The Morgan fingerprint density at radius 1 is 0.340 bits per heavy atom. The summed E-state index contributed by atoms with van der Waals surface area (Å²) in [5.41, 5.74) is 7.49. The number of fused-ring (bicyclic) bond motifs is 5. The molecule has 4 nitrogen and oxygen atoms in total. The van der Waals surface area contributed by atoms with Crippen molar-refractivity contribution in [3.05, 3.63) is 158 Å². The zero-order valence-electron chi connectivity index (χ0n) is 26.6. The minimum Gasteiger partial charge on any atom is -0.236 e. The number of hydrogen-bond acceptors (Lipinski definition) is 6. The summed E-state index contributed by atoms with van der Waals surface area (Å²) in [6, 6.07) is 55.0. The molecule has 3 aromatic heterocycles. The van der Waals surface area contributed by atoms with E-state index >= 15 is 0 Å². The molecule has 10 rings (SSSR count). The predicted octanol–water partition coefficient (Wildman–Crippen LogP) is 12.3. The zero-order valence-corrected chi connectivity index (χ0v) is 28.2. The highest BCUT2D eigenvalue weighted by molar-refractivity contribution is 7.26. The molecule has 0 saturated heterocycles. The molecule has 0 bridgehead atoms. The van der Waals surface area contributed by atoms with Gasteiger partial charge in [0.15, 0.2) is 17.5 Å². The highest BCUT2D eigenvalue weighted by Crippen LogP contribution is 2.45. The standard InChI is InChI=1S/C44H26N4S2/c1-4-13-27(14-5-1)41-46-42(28-15-6-2-7-16-28)48-43(47-41)34-23-11-19-30-31(20-10-21-32(30)34)33-22-12-24-37-40(33)35-25-39-36(26-38(35)49-37)45-44(50-39)29-17-8-3-9-18-29/h1-26H. The molecule has 0 aliphatic carbocycles. The fourth-order valence-corrected chi connectivity index (χ4v) is 8.98. The quantitative estimate of drug-likeness (QED) is 0.182. The number of thiazole rings is 1. The molecular weight excluding hydrogens is 649 g/mol. The van der Waals surface area contributed by atoms with Gasteiger partial charge in [-0.3, -0.25) is 0 Å². The number of benzene rings is 7. The van der Waals surface area contributed by atoms with Gasteiger partial charge in [-0.15, -0.1) is 22.7 Å². The van der Waals surface area contributed by atoms with E-state index < -0.39 is 0 Å². The fraction of sp³-hybridized carbons (Fsp3) is 0. The van der Waals surface area contributed by atoms with Gasteiger partial charge in [-0.25, -0.2) is 19.9 Å². The molecule has 50 heavy (non-hydrogen) atoms. The van der Waals surface area contributed by atoms with Crippen LogP contribution >= 0.6 is 22.7 Å². The molecule has 0 amide bonds. The SMILES string of the molecule is c1ccc(-c2nc(-c3ccccc3)nc(-c3cccc4c(-c5cccc6sc7cc8nc(-c9ccccc9)sc8cc7c56)cccc34)n2)cc1. The van der Waals surface area contributed by atoms with Crippen molar-refractivity contribution in [2.45, 2.75) is 0 Å². The molecule has 0 fully saturated rings. The molecule has 3 heterocycles. The van der Waals surface area contributed by atoms with Crippen LogP contribution in [0.3, 0.4) is 0 Å². The van der Waals surface area contributed by atoms with Crippen molar-refractivity contribution in [1.29, 1.82) is 0 Å². The maximum absolute atomic E-state index is 5.06. The van der Waals surface area contributed by atoms with E-state index in [1.807, 2.05) is 78.1 Å². The second-order valence-corrected chi connectivity index (χ2v) is 14.3. The molecule has 0 spiro atoms. The maximum Gasteiger partial charge on any atom is 0.164 e.